The summed E-state index contributed by atoms with van der Waals surface area (Å²) in [5, 5.41) is 9.11. The van der Waals surface area contributed by atoms with Gasteiger partial charge in [0.15, 0.2) is 0 Å². The van der Waals surface area contributed by atoms with Crippen LogP contribution in [0, 0.1) is 0 Å². The van der Waals surface area contributed by atoms with Crippen molar-refractivity contribution < 1.29 is 24.2 Å². The lowest BCUT2D eigenvalue weighted by Crippen LogP contribution is -2.16. The molecule has 0 fully saturated rings. The third-order valence-corrected chi connectivity index (χ3v) is 1.69. The highest BCUT2D eigenvalue weighted by Gasteiger charge is 2.04. The van der Waals surface area contributed by atoms with E-state index < -0.39 is 18.0 Å². The van der Waals surface area contributed by atoms with E-state index in [1.54, 1.807) is 6.92 Å². The second kappa shape index (κ2) is 8.91. The fraction of sp³-hybridized carbons (Fsp3) is 0.636. The highest BCUT2D eigenvalue weighted by atomic mass is 16.5. The molecule has 1 unspecified atom stereocenters. The van der Waals surface area contributed by atoms with Crippen molar-refractivity contribution in [2.45, 2.75) is 32.8 Å². The van der Waals surface area contributed by atoms with Gasteiger partial charge in [0.2, 0.25) is 0 Å². The van der Waals surface area contributed by atoms with Crippen LogP contribution in [0.25, 0.3) is 0 Å². The third kappa shape index (κ3) is 7.99. The van der Waals surface area contributed by atoms with Crippen LogP contribution in [0.5, 0.6) is 0 Å². The Balaban J connectivity index is 3.77. The summed E-state index contributed by atoms with van der Waals surface area (Å²) in [7, 11) is 0. The maximum Gasteiger partial charge on any atom is 0.331 e. The van der Waals surface area contributed by atoms with E-state index in [0.717, 1.165) is 18.6 Å². The van der Waals surface area contributed by atoms with Gasteiger partial charge in [-0.1, -0.05) is 13.8 Å². The number of carbonyl (C=O) groups excluding carboxylic acids is 2. The van der Waals surface area contributed by atoms with Crippen LogP contribution < -0.4 is 0 Å². The van der Waals surface area contributed by atoms with E-state index in [0.29, 0.717) is 13.0 Å². The lowest BCUT2D eigenvalue weighted by molar-refractivity contribution is -0.142. The van der Waals surface area contributed by atoms with Crippen LogP contribution in [-0.4, -0.2) is 36.4 Å². The van der Waals surface area contributed by atoms with Crippen molar-refractivity contribution in [1.29, 1.82) is 0 Å². The molecule has 0 amide bonds. The summed E-state index contributed by atoms with van der Waals surface area (Å²) in [5.41, 5.74) is 0. The molecule has 0 spiro atoms. The SMILES string of the molecule is CCCOC(=O)/C=C/C(=O)OCC(O)CC. The zero-order chi connectivity index (χ0) is 12.4. The number of hydrogen-bond acceptors (Lipinski definition) is 5. The third-order valence-electron chi connectivity index (χ3n) is 1.69. The average molecular weight is 230 g/mol. The molecule has 0 saturated carbocycles. The molecule has 0 saturated heterocycles. The number of aliphatic hydroxyl groups excluding tert-OH is 1. The molecule has 5 nitrogen and oxygen atoms in total. The fourth-order valence-corrected chi connectivity index (χ4v) is 0.731. The Kier molecular flexibility index (Phi) is 8.15. The lowest BCUT2D eigenvalue weighted by Gasteiger charge is -2.06. The standard InChI is InChI=1S/C11H18O5/c1-3-7-15-10(13)5-6-11(14)16-8-9(12)4-2/h5-6,9,12H,3-4,7-8H2,1-2H3/b6-5+. The Morgan fingerprint density at radius 1 is 1.19 bits per heavy atom. The molecule has 1 atom stereocenters. The van der Waals surface area contributed by atoms with Gasteiger partial charge in [-0.25, -0.2) is 9.59 Å². The molecule has 1 N–H and O–H groups in total. The minimum Gasteiger partial charge on any atom is -0.463 e. The molecule has 0 heterocycles. The van der Waals surface area contributed by atoms with Crippen molar-refractivity contribution in [2.75, 3.05) is 13.2 Å². The molecule has 16 heavy (non-hydrogen) atoms. The molecule has 0 aromatic rings. The fourth-order valence-electron chi connectivity index (χ4n) is 0.731. The van der Waals surface area contributed by atoms with Crippen molar-refractivity contribution in [3.05, 3.63) is 12.2 Å². The van der Waals surface area contributed by atoms with E-state index in [1.165, 1.54) is 0 Å². The molecule has 0 aromatic heterocycles. The van der Waals surface area contributed by atoms with E-state index in [9.17, 15) is 9.59 Å². The first-order valence-corrected chi connectivity index (χ1v) is 5.29. The van der Waals surface area contributed by atoms with E-state index >= 15 is 0 Å². The number of aliphatic hydroxyl groups is 1. The highest BCUT2D eigenvalue weighted by Crippen LogP contribution is 1.92. The molecule has 0 rings (SSSR count). The van der Waals surface area contributed by atoms with Gasteiger partial charge in [-0.2, -0.15) is 0 Å². The second-order valence-corrected chi connectivity index (χ2v) is 3.19. The van der Waals surface area contributed by atoms with Gasteiger partial charge < -0.3 is 14.6 Å². The van der Waals surface area contributed by atoms with Gasteiger partial charge in [0, 0.05) is 12.2 Å². The second-order valence-electron chi connectivity index (χ2n) is 3.19. The first kappa shape index (κ1) is 14.6. The van der Waals surface area contributed by atoms with Crippen molar-refractivity contribution in [1.82, 2.24) is 0 Å². The Hall–Kier alpha value is -1.36. The maximum atomic E-state index is 11.0. The van der Waals surface area contributed by atoms with E-state index in [-0.39, 0.29) is 6.61 Å². The van der Waals surface area contributed by atoms with Crippen LogP contribution in [0.15, 0.2) is 12.2 Å². The van der Waals surface area contributed by atoms with Crippen LogP contribution in [-0.2, 0) is 19.1 Å². The molecule has 0 aliphatic heterocycles. The molecular weight excluding hydrogens is 212 g/mol. The molecule has 92 valence electrons. The van der Waals surface area contributed by atoms with Crippen LogP contribution in [0.1, 0.15) is 26.7 Å². The lowest BCUT2D eigenvalue weighted by atomic mass is 10.3. The van der Waals surface area contributed by atoms with Gasteiger partial charge >= 0.3 is 11.9 Å². The van der Waals surface area contributed by atoms with E-state index in [1.807, 2.05) is 6.92 Å². The van der Waals surface area contributed by atoms with Crippen molar-refractivity contribution >= 4 is 11.9 Å². The maximum absolute atomic E-state index is 11.0. The molecule has 0 aliphatic carbocycles. The largest absolute Gasteiger partial charge is 0.463 e. The number of rotatable bonds is 7. The normalized spacial score (nSPS) is 12.4. The zero-order valence-electron chi connectivity index (χ0n) is 9.64. The predicted molar refractivity (Wildman–Crippen MR) is 57.6 cm³/mol. The van der Waals surface area contributed by atoms with Gasteiger partial charge in [0.25, 0.3) is 0 Å². The number of ether oxygens (including phenoxy) is 2. The van der Waals surface area contributed by atoms with Crippen molar-refractivity contribution in [3.8, 4) is 0 Å². The zero-order valence-corrected chi connectivity index (χ0v) is 9.64. The number of hydrogen-bond donors (Lipinski definition) is 1. The van der Waals surface area contributed by atoms with Crippen molar-refractivity contribution in [3.63, 3.8) is 0 Å². The van der Waals surface area contributed by atoms with Gasteiger partial charge in [-0.15, -0.1) is 0 Å². The van der Waals surface area contributed by atoms with Crippen LogP contribution in [0.2, 0.25) is 0 Å². The number of carbonyl (C=O) groups is 2. The Labute approximate surface area is 95.0 Å². The van der Waals surface area contributed by atoms with Crippen LogP contribution >= 0.6 is 0 Å². The molecule has 0 radical (unpaired) electrons. The summed E-state index contributed by atoms with van der Waals surface area (Å²) in [5.74, 6) is -1.24. The van der Waals surface area contributed by atoms with Crippen molar-refractivity contribution in [2.24, 2.45) is 0 Å². The smallest absolute Gasteiger partial charge is 0.331 e. The molecular formula is C11H18O5. The Morgan fingerprint density at radius 3 is 2.25 bits per heavy atom. The van der Waals surface area contributed by atoms with E-state index in [2.05, 4.69) is 4.74 Å². The molecule has 5 heteroatoms. The van der Waals surface area contributed by atoms with Crippen LogP contribution in [0.4, 0.5) is 0 Å². The molecule has 0 aliphatic rings. The molecule has 0 aromatic carbocycles. The summed E-state index contributed by atoms with van der Waals surface area (Å²) in [6.07, 6.45) is 2.57. The van der Waals surface area contributed by atoms with Gasteiger partial charge in [0.1, 0.15) is 6.61 Å². The predicted octanol–water partition coefficient (Wildman–Crippen LogP) is 0.810. The average Bonchev–Trinajstić information content (AvgIpc) is 2.30. The summed E-state index contributed by atoms with van der Waals surface area (Å²) in [6.45, 7) is 3.91. The van der Waals surface area contributed by atoms with Gasteiger partial charge in [-0.05, 0) is 12.8 Å². The quantitative estimate of drug-likeness (QED) is 0.517. The first-order chi connectivity index (χ1) is 7.60. The minimum absolute atomic E-state index is 0.0658. The Morgan fingerprint density at radius 2 is 1.75 bits per heavy atom. The summed E-state index contributed by atoms with van der Waals surface area (Å²) in [6, 6.07) is 0. The summed E-state index contributed by atoms with van der Waals surface area (Å²) >= 11 is 0. The minimum atomic E-state index is -0.666. The topological polar surface area (TPSA) is 72.8 Å². The first-order valence-electron chi connectivity index (χ1n) is 5.29. The van der Waals surface area contributed by atoms with E-state index in [4.69, 9.17) is 9.84 Å². The van der Waals surface area contributed by atoms with Crippen LogP contribution in [0.3, 0.4) is 0 Å². The molecule has 0 bridgehead atoms. The van der Waals surface area contributed by atoms with Gasteiger partial charge in [-0.3, -0.25) is 0 Å². The Bertz CT molecular complexity index is 247. The summed E-state index contributed by atoms with van der Waals surface area (Å²) in [4.78, 5) is 21.9. The highest BCUT2D eigenvalue weighted by molar-refractivity contribution is 5.91. The number of esters is 2. The summed E-state index contributed by atoms with van der Waals surface area (Å²) < 4.78 is 9.37. The monoisotopic (exact) mass is 230 g/mol. The van der Waals surface area contributed by atoms with Gasteiger partial charge in [0.05, 0.1) is 12.7 Å².